The number of benzene rings is 1. The van der Waals surface area contributed by atoms with Crippen LogP contribution < -0.4 is 0 Å². The lowest BCUT2D eigenvalue weighted by Crippen LogP contribution is -1.96. The van der Waals surface area contributed by atoms with Crippen LogP contribution >= 0.6 is 23.2 Å². The number of aryl methyl sites for hydroxylation is 1. The predicted octanol–water partition coefficient (Wildman–Crippen LogP) is 4.01. The number of nitrogens with zero attached hydrogens (tertiary/aromatic N) is 3. The maximum Gasteiger partial charge on any atom is 0.158 e. The normalized spacial score (nSPS) is 11.1. The van der Waals surface area contributed by atoms with E-state index in [9.17, 15) is 0 Å². The van der Waals surface area contributed by atoms with Crippen LogP contribution in [0.3, 0.4) is 0 Å². The van der Waals surface area contributed by atoms with Crippen molar-refractivity contribution in [2.45, 2.75) is 6.92 Å². The van der Waals surface area contributed by atoms with Gasteiger partial charge in [0, 0.05) is 6.07 Å². The van der Waals surface area contributed by atoms with E-state index in [1.54, 1.807) is 16.8 Å². The molecule has 0 saturated carbocycles. The summed E-state index contributed by atoms with van der Waals surface area (Å²) in [7, 11) is 0. The van der Waals surface area contributed by atoms with E-state index < -0.39 is 0 Å². The van der Waals surface area contributed by atoms with Gasteiger partial charge in [-0.05, 0) is 12.5 Å². The summed E-state index contributed by atoms with van der Waals surface area (Å²) in [6.07, 6.45) is 1.64. The molecule has 0 aliphatic carbocycles. The average Bonchev–Trinajstić information content (AvgIpc) is 2.80. The van der Waals surface area contributed by atoms with Crippen molar-refractivity contribution >= 4 is 28.8 Å². The lowest BCUT2D eigenvalue weighted by Gasteiger charge is -2.08. The van der Waals surface area contributed by atoms with Gasteiger partial charge in [0.25, 0.3) is 0 Å². The van der Waals surface area contributed by atoms with E-state index in [4.69, 9.17) is 23.2 Å². The number of hydrogen-bond acceptors (Lipinski definition) is 2. The fourth-order valence-electron chi connectivity index (χ4n) is 1.84. The first-order valence-electron chi connectivity index (χ1n) is 5.42. The summed E-state index contributed by atoms with van der Waals surface area (Å²) in [6.45, 7) is 2.03. The summed E-state index contributed by atoms with van der Waals surface area (Å²) < 4.78 is 1.57. The summed E-state index contributed by atoms with van der Waals surface area (Å²) in [6, 6.07) is 9.72. The second kappa shape index (κ2) is 4.26. The maximum atomic E-state index is 6.34. The Hall–Kier alpha value is -1.58. The zero-order valence-electron chi connectivity index (χ0n) is 9.56. The van der Waals surface area contributed by atoms with Crippen LogP contribution in [-0.4, -0.2) is 14.6 Å². The third-order valence-electron chi connectivity index (χ3n) is 2.77. The Bertz CT molecular complexity index is 717. The molecule has 0 spiro atoms. The lowest BCUT2D eigenvalue weighted by atomic mass is 10.1. The molecule has 3 rings (SSSR count). The van der Waals surface area contributed by atoms with E-state index in [1.807, 2.05) is 31.2 Å². The second-order valence-corrected chi connectivity index (χ2v) is 4.75. The van der Waals surface area contributed by atoms with Gasteiger partial charge in [-0.2, -0.15) is 5.10 Å². The van der Waals surface area contributed by atoms with Crippen LogP contribution in [0.1, 0.15) is 5.56 Å². The molecule has 0 bridgehead atoms. The smallest absolute Gasteiger partial charge is 0.158 e. The SMILES string of the molecule is Cc1ccc(-c2c(Cl)nc3ccnn3c2Cl)cc1. The first-order chi connectivity index (χ1) is 8.66. The predicted molar refractivity (Wildman–Crippen MR) is 73.2 cm³/mol. The highest BCUT2D eigenvalue weighted by atomic mass is 35.5. The van der Waals surface area contributed by atoms with E-state index in [0.717, 1.165) is 5.56 Å². The standard InChI is InChI=1S/C13H9Cl2N3/c1-8-2-4-9(5-3-8)11-12(14)17-10-6-7-16-18(10)13(11)15/h2-7H,1H3. The molecule has 3 aromatic rings. The third-order valence-corrected chi connectivity index (χ3v) is 3.40. The first kappa shape index (κ1) is 11.5. The Morgan fingerprint density at radius 1 is 1.06 bits per heavy atom. The van der Waals surface area contributed by atoms with Crippen molar-refractivity contribution in [3.63, 3.8) is 0 Å². The zero-order chi connectivity index (χ0) is 12.7. The van der Waals surface area contributed by atoms with Gasteiger partial charge < -0.3 is 0 Å². The minimum atomic E-state index is 0.386. The van der Waals surface area contributed by atoms with Crippen LogP contribution in [0, 0.1) is 6.92 Å². The highest BCUT2D eigenvalue weighted by molar-refractivity contribution is 6.38. The van der Waals surface area contributed by atoms with Crippen molar-refractivity contribution in [3.05, 3.63) is 52.4 Å². The van der Waals surface area contributed by atoms with Crippen molar-refractivity contribution in [1.82, 2.24) is 14.6 Å². The van der Waals surface area contributed by atoms with Crippen molar-refractivity contribution in [3.8, 4) is 11.1 Å². The number of aromatic nitrogens is 3. The molecule has 5 heteroatoms. The average molecular weight is 278 g/mol. The van der Waals surface area contributed by atoms with Gasteiger partial charge in [-0.15, -0.1) is 0 Å². The van der Waals surface area contributed by atoms with Crippen LogP contribution in [0.2, 0.25) is 10.3 Å². The summed E-state index contributed by atoms with van der Waals surface area (Å²) in [5.74, 6) is 0. The van der Waals surface area contributed by atoms with E-state index in [0.29, 0.717) is 21.5 Å². The Morgan fingerprint density at radius 3 is 2.50 bits per heavy atom. The lowest BCUT2D eigenvalue weighted by molar-refractivity contribution is 0.942. The Labute approximate surface area is 114 Å². The van der Waals surface area contributed by atoms with Crippen molar-refractivity contribution < 1.29 is 0 Å². The van der Waals surface area contributed by atoms with Crippen LogP contribution in [0.5, 0.6) is 0 Å². The minimum absolute atomic E-state index is 0.386. The molecule has 0 N–H and O–H groups in total. The van der Waals surface area contributed by atoms with Crippen LogP contribution in [-0.2, 0) is 0 Å². The number of halogens is 2. The van der Waals surface area contributed by atoms with Crippen LogP contribution in [0.15, 0.2) is 36.5 Å². The molecular formula is C13H9Cl2N3. The molecule has 0 aliphatic heterocycles. The molecule has 0 radical (unpaired) electrons. The number of fused-ring (bicyclic) bond motifs is 1. The van der Waals surface area contributed by atoms with E-state index in [2.05, 4.69) is 10.1 Å². The summed E-state index contributed by atoms with van der Waals surface area (Å²) in [5, 5.41) is 4.98. The molecule has 0 fully saturated rings. The summed E-state index contributed by atoms with van der Waals surface area (Å²) >= 11 is 12.5. The van der Waals surface area contributed by atoms with Crippen molar-refractivity contribution in [1.29, 1.82) is 0 Å². The van der Waals surface area contributed by atoms with Crippen LogP contribution in [0.4, 0.5) is 0 Å². The van der Waals surface area contributed by atoms with Gasteiger partial charge in [0.1, 0.15) is 10.3 Å². The minimum Gasteiger partial charge on any atom is -0.216 e. The second-order valence-electron chi connectivity index (χ2n) is 4.04. The third kappa shape index (κ3) is 1.76. The fraction of sp³-hybridized carbons (Fsp3) is 0.0769. The van der Waals surface area contributed by atoms with Crippen LogP contribution in [0.25, 0.3) is 16.8 Å². The van der Waals surface area contributed by atoms with Gasteiger partial charge in [-0.1, -0.05) is 53.0 Å². The number of rotatable bonds is 1. The fourth-order valence-corrected chi connectivity index (χ4v) is 2.50. The zero-order valence-corrected chi connectivity index (χ0v) is 11.1. The highest BCUT2D eigenvalue weighted by Gasteiger charge is 2.14. The Kier molecular flexibility index (Phi) is 2.73. The molecule has 0 saturated heterocycles. The molecule has 2 heterocycles. The molecule has 90 valence electrons. The van der Waals surface area contributed by atoms with Gasteiger partial charge in [0.2, 0.25) is 0 Å². The van der Waals surface area contributed by atoms with E-state index in [-0.39, 0.29) is 0 Å². The quantitative estimate of drug-likeness (QED) is 0.629. The molecule has 0 atom stereocenters. The largest absolute Gasteiger partial charge is 0.216 e. The molecule has 0 amide bonds. The number of hydrogen-bond donors (Lipinski definition) is 0. The molecule has 18 heavy (non-hydrogen) atoms. The molecule has 0 aliphatic rings. The van der Waals surface area contributed by atoms with Gasteiger partial charge in [-0.25, -0.2) is 9.50 Å². The molecule has 3 nitrogen and oxygen atoms in total. The molecule has 0 unspecified atom stereocenters. The summed E-state index contributed by atoms with van der Waals surface area (Å²) in [5.41, 5.74) is 3.45. The van der Waals surface area contributed by atoms with E-state index >= 15 is 0 Å². The van der Waals surface area contributed by atoms with Crippen molar-refractivity contribution in [2.24, 2.45) is 0 Å². The topological polar surface area (TPSA) is 30.2 Å². The van der Waals surface area contributed by atoms with E-state index in [1.165, 1.54) is 5.56 Å². The molecule has 2 aromatic heterocycles. The summed E-state index contributed by atoms with van der Waals surface area (Å²) in [4.78, 5) is 4.28. The Morgan fingerprint density at radius 2 is 1.78 bits per heavy atom. The Balaban J connectivity index is 2.30. The molecular weight excluding hydrogens is 269 g/mol. The van der Waals surface area contributed by atoms with Crippen molar-refractivity contribution in [2.75, 3.05) is 0 Å². The van der Waals surface area contributed by atoms with Gasteiger partial charge >= 0.3 is 0 Å². The monoisotopic (exact) mass is 277 g/mol. The van der Waals surface area contributed by atoms with Gasteiger partial charge in [0.05, 0.1) is 11.8 Å². The highest BCUT2D eigenvalue weighted by Crippen LogP contribution is 2.33. The van der Waals surface area contributed by atoms with Gasteiger partial charge in [0.15, 0.2) is 5.65 Å². The first-order valence-corrected chi connectivity index (χ1v) is 6.18. The maximum absolute atomic E-state index is 6.34. The van der Waals surface area contributed by atoms with Gasteiger partial charge in [-0.3, -0.25) is 0 Å². The molecule has 1 aromatic carbocycles.